The Hall–Kier alpha value is -4.06. The summed E-state index contributed by atoms with van der Waals surface area (Å²) in [7, 11) is 1.33. The zero-order valence-electron chi connectivity index (χ0n) is 17.0. The van der Waals surface area contributed by atoms with Crippen molar-refractivity contribution in [2.24, 2.45) is 0 Å². The molecule has 1 N–H and O–H groups in total. The van der Waals surface area contributed by atoms with E-state index in [1.165, 1.54) is 7.11 Å². The summed E-state index contributed by atoms with van der Waals surface area (Å²) in [6.07, 6.45) is 0. The zero-order valence-corrected chi connectivity index (χ0v) is 17.0. The smallest absolute Gasteiger partial charge is 0.337 e. The highest BCUT2D eigenvalue weighted by Crippen LogP contribution is 2.21. The maximum atomic E-state index is 12.4. The van der Waals surface area contributed by atoms with Crippen LogP contribution in [0.5, 0.6) is 5.75 Å². The van der Waals surface area contributed by atoms with Gasteiger partial charge in [-0.3, -0.25) is 4.79 Å². The van der Waals surface area contributed by atoms with Gasteiger partial charge in [-0.15, -0.1) is 0 Å². The second kappa shape index (κ2) is 9.17. The Balaban J connectivity index is 1.31. The lowest BCUT2D eigenvalue weighted by molar-refractivity contribution is 0.0600. The standard InChI is InChI=1S/C25H21NO5/c1-29-25(28)19-8-6-17(7-9-19)15-26-24(27)23-13-12-22(31-23)16-30-21-11-10-18-4-2-3-5-20(18)14-21/h2-14H,15-16H2,1H3,(H,26,27). The van der Waals surface area contributed by atoms with E-state index in [9.17, 15) is 9.59 Å². The predicted octanol–water partition coefficient (Wildman–Crippen LogP) is 4.73. The number of furan rings is 1. The van der Waals surface area contributed by atoms with Crippen LogP contribution in [0.4, 0.5) is 0 Å². The Kier molecular flexibility index (Phi) is 5.98. The molecule has 0 saturated carbocycles. The first-order chi connectivity index (χ1) is 15.1. The molecule has 0 spiro atoms. The first kappa shape index (κ1) is 20.2. The molecule has 4 rings (SSSR count). The Morgan fingerprint density at radius 1 is 0.903 bits per heavy atom. The summed E-state index contributed by atoms with van der Waals surface area (Å²) >= 11 is 0. The molecule has 0 radical (unpaired) electrons. The maximum Gasteiger partial charge on any atom is 0.337 e. The molecule has 31 heavy (non-hydrogen) atoms. The molecule has 156 valence electrons. The van der Waals surface area contributed by atoms with Gasteiger partial charge >= 0.3 is 5.97 Å². The number of rotatable bonds is 7. The number of esters is 1. The second-order valence-electron chi connectivity index (χ2n) is 6.93. The van der Waals surface area contributed by atoms with Crippen molar-refractivity contribution in [1.29, 1.82) is 0 Å². The van der Waals surface area contributed by atoms with Crippen LogP contribution in [0.1, 0.15) is 32.2 Å². The van der Waals surface area contributed by atoms with E-state index < -0.39 is 5.97 Å². The van der Waals surface area contributed by atoms with Crippen molar-refractivity contribution in [3.8, 4) is 5.75 Å². The molecule has 0 aliphatic rings. The first-order valence-electron chi connectivity index (χ1n) is 9.78. The van der Waals surface area contributed by atoms with E-state index in [-0.39, 0.29) is 18.3 Å². The summed E-state index contributed by atoms with van der Waals surface area (Å²) in [5.41, 5.74) is 1.31. The Labute approximate surface area is 179 Å². The summed E-state index contributed by atoms with van der Waals surface area (Å²) in [4.78, 5) is 23.8. The summed E-state index contributed by atoms with van der Waals surface area (Å²) in [5.74, 6) is 0.777. The minimum atomic E-state index is -0.399. The van der Waals surface area contributed by atoms with Crippen LogP contribution in [0.3, 0.4) is 0 Å². The number of nitrogens with one attached hydrogen (secondary N) is 1. The van der Waals surface area contributed by atoms with Gasteiger partial charge in [0.2, 0.25) is 0 Å². The number of benzene rings is 3. The van der Waals surface area contributed by atoms with Crippen molar-refractivity contribution < 1.29 is 23.5 Å². The van der Waals surface area contributed by atoms with Crippen LogP contribution >= 0.6 is 0 Å². The van der Waals surface area contributed by atoms with Crippen LogP contribution in [0.2, 0.25) is 0 Å². The average Bonchev–Trinajstić information content (AvgIpc) is 3.30. The number of fused-ring (bicyclic) bond motifs is 1. The van der Waals surface area contributed by atoms with Crippen molar-refractivity contribution in [1.82, 2.24) is 5.32 Å². The minimum absolute atomic E-state index is 0.211. The highest BCUT2D eigenvalue weighted by Gasteiger charge is 2.12. The molecule has 0 saturated heterocycles. The van der Waals surface area contributed by atoms with Crippen LogP contribution in [0.15, 0.2) is 83.3 Å². The molecule has 6 nitrogen and oxygen atoms in total. The fourth-order valence-electron chi connectivity index (χ4n) is 3.14. The lowest BCUT2D eigenvalue weighted by Gasteiger charge is -2.06. The molecule has 3 aromatic carbocycles. The zero-order chi connectivity index (χ0) is 21.6. The van der Waals surface area contributed by atoms with E-state index in [0.29, 0.717) is 17.9 Å². The molecule has 1 heterocycles. The monoisotopic (exact) mass is 415 g/mol. The van der Waals surface area contributed by atoms with Crippen molar-refractivity contribution in [2.75, 3.05) is 7.11 Å². The SMILES string of the molecule is COC(=O)c1ccc(CNC(=O)c2ccc(COc3ccc4ccccc4c3)o2)cc1. The number of carbonyl (C=O) groups is 2. The molecule has 0 atom stereocenters. The molecule has 1 aromatic heterocycles. The number of hydrogen-bond acceptors (Lipinski definition) is 5. The lowest BCUT2D eigenvalue weighted by Crippen LogP contribution is -2.22. The quantitative estimate of drug-likeness (QED) is 0.442. The Morgan fingerprint density at radius 3 is 2.45 bits per heavy atom. The summed E-state index contributed by atoms with van der Waals surface area (Å²) < 4.78 is 16.1. The van der Waals surface area contributed by atoms with Crippen LogP contribution < -0.4 is 10.1 Å². The highest BCUT2D eigenvalue weighted by molar-refractivity contribution is 5.91. The third kappa shape index (κ3) is 4.93. The maximum absolute atomic E-state index is 12.4. The molecule has 4 aromatic rings. The van der Waals surface area contributed by atoms with Gasteiger partial charge in [-0.1, -0.05) is 42.5 Å². The topological polar surface area (TPSA) is 77.8 Å². The third-order valence-corrected chi connectivity index (χ3v) is 4.82. The molecule has 0 aliphatic carbocycles. The van der Waals surface area contributed by atoms with Crippen LogP contribution in [-0.4, -0.2) is 19.0 Å². The number of hydrogen-bond donors (Lipinski definition) is 1. The lowest BCUT2D eigenvalue weighted by atomic mass is 10.1. The first-order valence-corrected chi connectivity index (χ1v) is 9.78. The van der Waals surface area contributed by atoms with Crippen molar-refractivity contribution in [3.63, 3.8) is 0 Å². The molecule has 1 amide bonds. The second-order valence-corrected chi connectivity index (χ2v) is 6.93. The number of methoxy groups -OCH3 is 1. The number of ether oxygens (including phenoxy) is 2. The van der Waals surface area contributed by atoms with Crippen molar-refractivity contribution >= 4 is 22.6 Å². The van der Waals surface area contributed by atoms with Crippen molar-refractivity contribution in [3.05, 3.63) is 102 Å². The molecule has 0 unspecified atom stereocenters. The predicted molar refractivity (Wildman–Crippen MR) is 116 cm³/mol. The van der Waals surface area contributed by atoms with Gasteiger partial charge in [0.25, 0.3) is 5.91 Å². The fourth-order valence-corrected chi connectivity index (χ4v) is 3.14. The molecular formula is C25H21NO5. The van der Waals surface area contributed by atoms with E-state index in [4.69, 9.17) is 9.15 Å². The Bertz CT molecular complexity index is 1210. The van der Waals surface area contributed by atoms with Gasteiger partial charge in [-0.05, 0) is 52.7 Å². The van der Waals surface area contributed by atoms with E-state index in [1.54, 1.807) is 36.4 Å². The molecule has 0 fully saturated rings. The van der Waals surface area contributed by atoms with E-state index >= 15 is 0 Å². The average molecular weight is 415 g/mol. The van der Waals surface area contributed by atoms with Gasteiger partial charge in [-0.2, -0.15) is 0 Å². The van der Waals surface area contributed by atoms with Gasteiger partial charge in [0.05, 0.1) is 12.7 Å². The minimum Gasteiger partial charge on any atom is -0.486 e. The van der Waals surface area contributed by atoms with Gasteiger partial charge in [0, 0.05) is 6.54 Å². The Morgan fingerprint density at radius 2 is 1.68 bits per heavy atom. The highest BCUT2D eigenvalue weighted by atomic mass is 16.5. The molecular weight excluding hydrogens is 394 g/mol. The van der Waals surface area contributed by atoms with Gasteiger partial charge < -0.3 is 19.2 Å². The largest absolute Gasteiger partial charge is 0.486 e. The third-order valence-electron chi connectivity index (χ3n) is 4.82. The number of carbonyl (C=O) groups excluding carboxylic acids is 2. The molecule has 0 aliphatic heterocycles. The van der Waals surface area contributed by atoms with E-state index in [0.717, 1.165) is 22.1 Å². The normalized spacial score (nSPS) is 10.6. The van der Waals surface area contributed by atoms with Gasteiger partial charge in [0.1, 0.15) is 18.1 Å². The van der Waals surface area contributed by atoms with Crippen LogP contribution in [0.25, 0.3) is 10.8 Å². The van der Waals surface area contributed by atoms with E-state index in [1.807, 2.05) is 42.5 Å². The van der Waals surface area contributed by atoms with E-state index in [2.05, 4.69) is 10.1 Å². The van der Waals surface area contributed by atoms with Gasteiger partial charge in [0.15, 0.2) is 5.76 Å². The summed E-state index contributed by atoms with van der Waals surface area (Å²) in [5, 5.41) is 5.04. The summed E-state index contributed by atoms with van der Waals surface area (Å²) in [6.45, 7) is 0.532. The molecule has 0 bridgehead atoms. The summed E-state index contributed by atoms with van der Waals surface area (Å²) in [6, 6.07) is 24.1. The van der Waals surface area contributed by atoms with Crippen LogP contribution in [-0.2, 0) is 17.9 Å². The fraction of sp³-hybridized carbons (Fsp3) is 0.120. The van der Waals surface area contributed by atoms with Gasteiger partial charge in [-0.25, -0.2) is 4.79 Å². The number of amides is 1. The van der Waals surface area contributed by atoms with Crippen molar-refractivity contribution in [2.45, 2.75) is 13.2 Å². The van der Waals surface area contributed by atoms with Crippen LogP contribution in [0, 0.1) is 0 Å². The molecule has 6 heteroatoms.